The Kier molecular flexibility index (Phi) is 4.47. The van der Waals surface area contributed by atoms with Crippen molar-refractivity contribution < 1.29 is 12.8 Å². The Labute approximate surface area is 101 Å². The molecule has 0 saturated heterocycles. The molecule has 3 N–H and O–H groups in total. The third kappa shape index (κ3) is 4.32. The average molecular weight is 260 g/mol. The molecule has 0 bridgehead atoms. The van der Waals surface area contributed by atoms with Gasteiger partial charge in [-0.3, -0.25) is 0 Å². The highest BCUT2D eigenvalue weighted by molar-refractivity contribution is 7.89. The summed E-state index contributed by atoms with van der Waals surface area (Å²) in [6, 6.07) is 3.60. The summed E-state index contributed by atoms with van der Waals surface area (Å²) >= 11 is 0. The first-order chi connectivity index (χ1) is 7.80. The van der Waals surface area contributed by atoms with Crippen LogP contribution in [-0.2, 0) is 10.0 Å². The van der Waals surface area contributed by atoms with E-state index in [0.29, 0.717) is 12.5 Å². The lowest BCUT2D eigenvalue weighted by atomic mass is 10.1. The lowest BCUT2D eigenvalue weighted by Crippen LogP contribution is -2.13. The molecule has 1 rings (SSSR count). The maximum absolute atomic E-state index is 13.5. The second-order valence-electron chi connectivity index (χ2n) is 4.30. The Bertz CT molecular complexity index is 486. The molecule has 0 aliphatic rings. The van der Waals surface area contributed by atoms with Gasteiger partial charge in [0.1, 0.15) is 5.82 Å². The minimum atomic E-state index is -3.84. The second-order valence-corrected chi connectivity index (χ2v) is 5.86. The summed E-state index contributed by atoms with van der Waals surface area (Å²) in [7, 11) is -3.84. The summed E-state index contributed by atoms with van der Waals surface area (Å²) in [6.07, 6.45) is 0.913. The van der Waals surface area contributed by atoms with Gasteiger partial charge < -0.3 is 5.32 Å². The van der Waals surface area contributed by atoms with Crippen LogP contribution in [0.15, 0.2) is 23.1 Å². The Morgan fingerprint density at radius 2 is 2.06 bits per heavy atom. The molecule has 0 spiro atoms. The Balaban J connectivity index is 2.77. The molecule has 0 fully saturated rings. The van der Waals surface area contributed by atoms with Gasteiger partial charge in [0, 0.05) is 6.54 Å². The largest absolute Gasteiger partial charge is 0.383 e. The monoisotopic (exact) mass is 260 g/mol. The molecule has 17 heavy (non-hydrogen) atoms. The van der Waals surface area contributed by atoms with Gasteiger partial charge in [0.15, 0.2) is 0 Å². The fourth-order valence-corrected chi connectivity index (χ4v) is 1.84. The molecule has 0 atom stereocenters. The van der Waals surface area contributed by atoms with Gasteiger partial charge >= 0.3 is 0 Å². The predicted molar refractivity (Wildman–Crippen MR) is 65.7 cm³/mol. The predicted octanol–water partition coefficient (Wildman–Crippen LogP) is 1.93. The zero-order valence-electron chi connectivity index (χ0n) is 9.90. The molecule has 0 heterocycles. The van der Waals surface area contributed by atoms with E-state index in [-0.39, 0.29) is 10.6 Å². The number of anilines is 1. The molecule has 0 aliphatic heterocycles. The highest BCUT2D eigenvalue weighted by Crippen LogP contribution is 2.18. The van der Waals surface area contributed by atoms with Crippen LogP contribution in [0.25, 0.3) is 0 Å². The van der Waals surface area contributed by atoms with E-state index in [4.69, 9.17) is 5.14 Å². The first-order valence-electron chi connectivity index (χ1n) is 5.37. The van der Waals surface area contributed by atoms with Crippen LogP contribution in [0.3, 0.4) is 0 Å². The van der Waals surface area contributed by atoms with Crippen molar-refractivity contribution in [3.63, 3.8) is 0 Å². The van der Waals surface area contributed by atoms with Gasteiger partial charge in [-0.1, -0.05) is 13.8 Å². The maximum Gasteiger partial charge on any atom is 0.238 e. The first kappa shape index (κ1) is 13.9. The minimum absolute atomic E-state index is 0.218. The van der Waals surface area contributed by atoms with Crippen LogP contribution in [0.2, 0.25) is 0 Å². The molecule has 0 aromatic heterocycles. The maximum atomic E-state index is 13.5. The van der Waals surface area contributed by atoms with Crippen molar-refractivity contribution in [2.45, 2.75) is 25.2 Å². The molecule has 0 unspecified atom stereocenters. The highest BCUT2D eigenvalue weighted by Gasteiger charge is 2.11. The van der Waals surface area contributed by atoms with Crippen molar-refractivity contribution in [1.29, 1.82) is 0 Å². The lowest BCUT2D eigenvalue weighted by Gasteiger charge is -2.09. The topological polar surface area (TPSA) is 72.2 Å². The van der Waals surface area contributed by atoms with Crippen LogP contribution < -0.4 is 10.5 Å². The van der Waals surface area contributed by atoms with Crippen molar-refractivity contribution in [2.24, 2.45) is 11.1 Å². The zero-order chi connectivity index (χ0) is 13.1. The third-order valence-corrected chi connectivity index (χ3v) is 3.22. The normalized spacial score (nSPS) is 11.8. The molecule has 0 amide bonds. The van der Waals surface area contributed by atoms with Gasteiger partial charge in [-0.25, -0.2) is 17.9 Å². The quantitative estimate of drug-likeness (QED) is 0.849. The number of halogens is 1. The Morgan fingerprint density at radius 3 is 2.53 bits per heavy atom. The fourth-order valence-electron chi connectivity index (χ4n) is 1.31. The number of primary sulfonamides is 1. The molecule has 6 heteroatoms. The van der Waals surface area contributed by atoms with Crippen molar-refractivity contribution in [3.05, 3.63) is 24.0 Å². The number of benzene rings is 1. The van der Waals surface area contributed by atoms with Crippen LogP contribution in [0, 0.1) is 11.7 Å². The van der Waals surface area contributed by atoms with Gasteiger partial charge in [0.25, 0.3) is 0 Å². The van der Waals surface area contributed by atoms with Gasteiger partial charge in [-0.2, -0.15) is 0 Å². The fraction of sp³-hybridized carbons (Fsp3) is 0.455. The van der Waals surface area contributed by atoms with Gasteiger partial charge in [-0.05, 0) is 30.5 Å². The Hall–Kier alpha value is -1.14. The smallest absolute Gasteiger partial charge is 0.238 e. The summed E-state index contributed by atoms with van der Waals surface area (Å²) in [4.78, 5) is -0.218. The number of nitrogens with two attached hydrogens (primary N) is 1. The number of hydrogen-bond donors (Lipinski definition) is 2. The number of nitrogens with one attached hydrogen (secondary N) is 1. The van der Waals surface area contributed by atoms with E-state index in [1.165, 1.54) is 12.1 Å². The van der Waals surface area contributed by atoms with Crippen LogP contribution in [0.5, 0.6) is 0 Å². The van der Waals surface area contributed by atoms with E-state index in [9.17, 15) is 12.8 Å². The van der Waals surface area contributed by atoms with Crippen LogP contribution >= 0.6 is 0 Å². The van der Waals surface area contributed by atoms with E-state index in [1.807, 2.05) is 0 Å². The summed E-state index contributed by atoms with van der Waals surface area (Å²) in [5.74, 6) is -0.0884. The summed E-state index contributed by atoms with van der Waals surface area (Å²) in [6.45, 7) is 4.79. The van der Waals surface area contributed by atoms with Crippen molar-refractivity contribution in [2.75, 3.05) is 11.9 Å². The molecule has 0 aliphatic carbocycles. The first-order valence-corrected chi connectivity index (χ1v) is 6.91. The van der Waals surface area contributed by atoms with E-state index < -0.39 is 15.8 Å². The van der Waals surface area contributed by atoms with Gasteiger partial charge in [0.2, 0.25) is 10.0 Å². The molecule has 1 aromatic rings. The number of sulfonamides is 1. The standard InChI is InChI=1S/C11H17FN2O2S/c1-8(2)5-6-14-11-4-3-9(7-10(11)12)17(13,15)16/h3-4,7-8,14H,5-6H2,1-2H3,(H2,13,15,16). The highest BCUT2D eigenvalue weighted by atomic mass is 32.2. The van der Waals surface area contributed by atoms with Crippen molar-refractivity contribution >= 4 is 15.7 Å². The SMILES string of the molecule is CC(C)CCNc1ccc(S(N)(=O)=O)cc1F. The van der Waals surface area contributed by atoms with Gasteiger partial charge in [-0.15, -0.1) is 0 Å². The van der Waals surface area contributed by atoms with Crippen LogP contribution in [-0.4, -0.2) is 15.0 Å². The third-order valence-electron chi connectivity index (χ3n) is 2.31. The second kappa shape index (κ2) is 5.46. The molecular weight excluding hydrogens is 243 g/mol. The molecule has 96 valence electrons. The summed E-state index contributed by atoms with van der Waals surface area (Å²) in [5.41, 5.74) is 0.290. The lowest BCUT2D eigenvalue weighted by molar-refractivity contribution is 0.590. The summed E-state index contributed by atoms with van der Waals surface area (Å²) in [5, 5.41) is 7.81. The van der Waals surface area contributed by atoms with Crippen molar-refractivity contribution in [3.8, 4) is 0 Å². The molecule has 1 aromatic carbocycles. The van der Waals surface area contributed by atoms with E-state index in [0.717, 1.165) is 12.5 Å². The van der Waals surface area contributed by atoms with Crippen LogP contribution in [0.4, 0.5) is 10.1 Å². The summed E-state index contributed by atoms with van der Waals surface area (Å²) < 4.78 is 35.5. The molecular formula is C11H17FN2O2S. The van der Waals surface area contributed by atoms with E-state index >= 15 is 0 Å². The average Bonchev–Trinajstić information content (AvgIpc) is 2.18. The van der Waals surface area contributed by atoms with Crippen molar-refractivity contribution in [1.82, 2.24) is 0 Å². The van der Waals surface area contributed by atoms with Gasteiger partial charge in [0.05, 0.1) is 10.6 Å². The van der Waals surface area contributed by atoms with E-state index in [2.05, 4.69) is 19.2 Å². The zero-order valence-corrected chi connectivity index (χ0v) is 10.7. The molecule has 4 nitrogen and oxygen atoms in total. The number of rotatable bonds is 5. The Morgan fingerprint density at radius 1 is 1.41 bits per heavy atom. The van der Waals surface area contributed by atoms with E-state index in [1.54, 1.807) is 0 Å². The minimum Gasteiger partial charge on any atom is -0.383 e. The van der Waals surface area contributed by atoms with Crippen LogP contribution in [0.1, 0.15) is 20.3 Å². The molecule has 0 radical (unpaired) electrons. The number of hydrogen-bond acceptors (Lipinski definition) is 3. The molecule has 0 saturated carbocycles.